The van der Waals surface area contributed by atoms with Gasteiger partial charge in [-0.1, -0.05) is 0 Å². The molecule has 104 valence electrons. The lowest BCUT2D eigenvalue weighted by atomic mass is 10.1. The van der Waals surface area contributed by atoms with Crippen LogP contribution in [0.25, 0.3) is 0 Å². The molecule has 0 amide bonds. The molecule has 2 nitrogen and oxygen atoms in total. The summed E-state index contributed by atoms with van der Waals surface area (Å²) in [4.78, 5) is 1.96. The molecule has 3 rings (SSSR count). The topological polar surface area (TPSA) is 15.3 Å². The molecule has 19 heavy (non-hydrogen) atoms. The van der Waals surface area contributed by atoms with Gasteiger partial charge in [-0.15, -0.1) is 0 Å². The minimum atomic E-state index is -0.419. The van der Waals surface area contributed by atoms with E-state index in [-0.39, 0.29) is 5.69 Å². The molecule has 2 aliphatic carbocycles. The number of benzene rings is 1. The van der Waals surface area contributed by atoms with Gasteiger partial charge in [-0.25, -0.2) is 8.78 Å². The number of rotatable bonds is 6. The first-order valence-corrected chi connectivity index (χ1v) is 7.08. The molecule has 2 saturated carbocycles. The van der Waals surface area contributed by atoms with Crippen LogP contribution in [-0.2, 0) is 6.54 Å². The number of nitrogens with one attached hydrogen (secondary N) is 1. The van der Waals surface area contributed by atoms with Gasteiger partial charge in [0.25, 0.3) is 0 Å². The van der Waals surface area contributed by atoms with Crippen LogP contribution < -0.4 is 10.2 Å². The largest absolute Gasteiger partial charge is 0.364 e. The third kappa shape index (κ3) is 2.89. The van der Waals surface area contributed by atoms with Gasteiger partial charge in [0.1, 0.15) is 17.3 Å². The third-order valence-corrected chi connectivity index (χ3v) is 3.88. The van der Waals surface area contributed by atoms with Crippen molar-refractivity contribution < 1.29 is 8.78 Å². The normalized spacial score (nSPS) is 18.7. The summed E-state index contributed by atoms with van der Waals surface area (Å²) in [5.41, 5.74) is 0.845. The van der Waals surface area contributed by atoms with E-state index in [1.165, 1.54) is 25.0 Å². The van der Waals surface area contributed by atoms with Crippen LogP contribution in [0.15, 0.2) is 12.1 Å². The molecule has 0 unspecified atom stereocenters. The first-order chi connectivity index (χ1) is 9.19. The summed E-state index contributed by atoms with van der Waals surface area (Å²) < 4.78 is 28.5. The van der Waals surface area contributed by atoms with Crippen molar-refractivity contribution >= 4 is 5.69 Å². The maximum atomic E-state index is 14.2. The minimum Gasteiger partial charge on any atom is -0.364 e. The zero-order valence-corrected chi connectivity index (χ0v) is 11.3. The van der Waals surface area contributed by atoms with E-state index in [0.29, 0.717) is 24.1 Å². The van der Waals surface area contributed by atoms with Crippen molar-refractivity contribution in [2.75, 3.05) is 18.5 Å². The number of halogens is 2. The molecular weight excluding hydrogens is 246 g/mol. The molecule has 2 fully saturated rings. The van der Waals surface area contributed by atoms with E-state index in [9.17, 15) is 8.78 Å². The Kier molecular flexibility index (Phi) is 3.44. The number of anilines is 1. The fraction of sp³-hybridized carbons (Fsp3) is 0.600. The highest BCUT2D eigenvalue weighted by atomic mass is 19.1. The van der Waals surface area contributed by atoms with Crippen LogP contribution in [0, 0.1) is 17.6 Å². The summed E-state index contributed by atoms with van der Waals surface area (Å²) in [6.45, 7) is 1.30. The van der Waals surface area contributed by atoms with Crippen LogP contribution in [-0.4, -0.2) is 19.6 Å². The van der Waals surface area contributed by atoms with Gasteiger partial charge in [0.05, 0.1) is 0 Å². The molecule has 1 N–H and O–H groups in total. The van der Waals surface area contributed by atoms with Gasteiger partial charge >= 0.3 is 0 Å². The zero-order valence-electron chi connectivity index (χ0n) is 11.3. The second kappa shape index (κ2) is 5.08. The van der Waals surface area contributed by atoms with Crippen molar-refractivity contribution in [2.24, 2.45) is 5.92 Å². The fourth-order valence-electron chi connectivity index (χ4n) is 2.59. The monoisotopic (exact) mass is 266 g/mol. The quantitative estimate of drug-likeness (QED) is 0.851. The van der Waals surface area contributed by atoms with E-state index in [2.05, 4.69) is 5.32 Å². The van der Waals surface area contributed by atoms with Gasteiger partial charge in [-0.3, -0.25) is 0 Å². The molecule has 0 spiro atoms. The smallest absolute Gasteiger partial charge is 0.149 e. The first-order valence-electron chi connectivity index (χ1n) is 7.08. The lowest BCUT2D eigenvalue weighted by Crippen LogP contribution is -2.30. The molecular formula is C15H20F2N2. The molecule has 1 aromatic carbocycles. The Morgan fingerprint density at radius 2 is 1.79 bits per heavy atom. The Hall–Kier alpha value is -1.16. The van der Waals surface area contributed by atoms with Crippen molar-refractivity contribution in [3.05, 3.63) is 29.3 Å². The summed E-state index contributed by atoms with van der Waals surface area (Å²) in [6, 6.07) is 3.26. The van der Waals surface area contributed by atoms with Gasteiger partial charge in [0, 0.05) is 19.1 Å². The predicted octanol–water partition coefficient (Wildman–Crippen LogP) is 3.06. The fourth-order valence-corrected chi connectivity index (χ4v) is 2.59. The highest BCUT2D eigenvalue weighted by molar-refractivity contribution is 5.53. The Bertz CT molecular complexity index is 444. The Labute approximate surface area is 112 Å². The highest BCUT2D eigenvalue weighted by Crippen LogP contribution is 2.39. The summed E-state index contributed by atoms with van der Waals surface area (Å²) >= 11 is 0. The van der Waals surface area contributed by atoms with Crippen LogP contribution in [0.2, 0.25) is 0 Å². The third-order valence-electron chi connectivity index (χ3n) is 3.88. The minimum absolute atomic E-state index is 0.189. The highest BCUT2D eigenvalue weighted by Gasteiger charge is 2.36. The van der Waals surface area contributed by atoms with Gasteiger partial charge in [0.2, 0.25) is 0 Å². The lowest BCUT2D eigenvalue weighted by molar-refractivity contribution is 0.559. The van der Waals surface area contributed by atoms with Gasteiger partial charge < -0.3 is 10.2 Å². The van der Waals surface area contributed by atoms with Crippen LogP contribution >= 0.6 is 0 Å². The van der Waals surface area contributed by atoms with E-state index in [4.69, 9.17) is 0 Å². The zero-order chi connectivity index (χ0) is 13.4. The molecule has 0 atom stereocenters. The standard InChI is InChI=1S/C15H20F2N2/c1-18-8-11-6-13(16)15(14(17)7-11)19(12-4-5-12)9-10-2-3-10/h6-7,10,12,18H,2-5,8-9H2,1H3. The van der Waals surface area contributed by atoms with Gasteiger partial charge in [-0.2, -0.15) is 0 Å². The number of nitrogens with zero attached hydrogens (tertiary/aromatic N) is 1. The second-order valence-electron chi connectivity index (χ2n) is 5.77. The first kappa shape index (κ1) is 12.9. The molecule has 2 aliphatic rings. The van der Waals surface area contributed by atoms with Crippen molar-refractivity contribution in [1.82, 2.24) is 5.32 Å². The van der Waals surface area contributed by atoms with E-state index >= 15 is 0 Å². The maximum Gasteiger partial charge on any atom is 0.149 e. The molecule has 0 saturated heterocycles. The molecule has 0 heterocycles. The van der Waals surface area contributed by atoms with Crippen LogP contribution in [0.4, 0.5) is 14.5 Å². The van der Waals surface area contributed by atoms with Crippen LogP contribution in [0.1, 0.15) is 31.2 Å². The lowest BCUT2D eigenvalue weighted by Gasteiger charge is -2.26. The maximum absolute atomic E-state index is 14.2. The second-order valence-corrected chi connectivity index (χ2v) is 5.77. The van der Waals surface area contributed by atoms with Crippen molar-refractivity contribution in [3.63, 3.8) is 0 Å². The van der Waals surface area contributed by atoms with E-state index in [1.54, 1.807) is 7.05 Å². The molecule has 1 aromatic rings. The average molecular weight is 266 g/mol. The van der Waals surface area contributed by atoms with E-state index in [0.717, 1.165) is 19.4 Å². The Balaban J connectivity index is 1.88. The predicted molar refractivity (Wildman–Crippen MR) is 72.2 cm³/mol. The summed E-state index contributed by atoms with van der Waals surface area (Å²) in [7, 11) is 1.77. The van der Waals surface area contributed by atoms with Gasteiger partial charge in [0.15, 0.2) is 0 Å². The summed E-state index contributed by atoms with van der Waals surface area (Å²) in [5, 5.41) is 2.92. The van der Waals surface area contributed by atoms with Crippen LogP contribution in [0.3, 0.4) is 0 Å². The van der Waals surface area contributed by atoms with E-state index in [1.807, 2.05) is 4.90 Å². The summed E-state index contributed by atoms with van der Waals surface area (Å²) in [6.07, 6.45) is 4.52. The summed E-state index contributed by atoms with van der Waals surface area (Å²) in [5.74, 6) is -0.202. The Morgan fingerprint density at radius 3 is 2.26 bits per heavy atom. The number of hydrogen-bond donors (Lipinski definition) is 1. The molecule has 0 radical (unpaired) electrons. The Morgan fingerprint density at radius 1 is 1.16 bits per heavy atom. The average Bonchev–Trinajstić information content (AvgIpc) is 3.22. The number of hydrogen-bond acceptors (Lipinski definition) is 2. The molecule has 0 aromatic heterocycles. The molecule has 0 bridgehead atoms. The SMILES string of the molecule is CNCc1cc(F)c(N(CC2CC2)C2CC2)c(F)c1. The molecule has 4 heteroatoms. The van der Waals surface area contributed by atoms with Crippen molar-refractivity contribution in [1.29, 1.82) is 0 Å². The van der Waals surface area contributed by atoms with Crippen LogP contribution in [0.5, 0.6) is 0 Å². The molecule has 0 aliphatic heterocycles. The van der Waals surface area contributed by atoms with E-state index < -0.39 is 11.6 Å². The van der Waals surface area contributed by atoms with Crippen molar-refractivity contribution in [3.8, 4) is 0 Å². The van der Waals surface area contributed by atoms with Gasteiger partial charge in [-0.05, 0) is 56.3 Å². The van der Waals surface area contributed by atoms with Crippen molar-refractivity contribution in [2.45, 2.75) is 38.3 Å².